The molecule has 0 amide bonds. The molecule has 0 saturated carbocycles. The van der Waals surface area contributed by atoms with Crippen LogP contribution in [0, 0.1) is 27.5 Å². The van der Waals surface area contributed by atoms with Crippen LogP contribution in [-0.4, -0.2) is 4.92 Å². The second-order valence-corrected chi connectivity index (χ2v) is 3.89. The number of aryl methyl sites for hydroxylation is 2. The predicted molar refractivity (Wildman–Crippen MR) is 55.3 cm³/mol. The summed E-state index contributed by atoms with van der Waals surface area (Å²) >= 11 is 2.15. The molecule has 0 spiro atoms. The molecule has 0 N–H and O–H groups in total. The van der Waals surface area contributed by atoms with Gasteiger partial charge in [-0.3, -0.25) is 10.1 Å². The van der Waals surface area contributed by atoms with Gasteiger partial charge in [0, 0.05) is 14.7 Å². The molecule has 3 nitrogen and oxygen atoms in total. The highest BCUT2D eigenvalue weighted by Crippen LogP contribution is 2.24. The summed E-state index contributed by atoms with van der Waals surface area (Å²) in [6.45, 7) is 3.51. The molecule has 0 aromatic heterocycles. The normalized spacial score (nSPS) is 9.92. The van der Waals surface area contributed by atoms with Gasteiger partial charge in [0.2, 0.25) is 0 Å². The van der Waals surface area contributed by atoms with Gasteiger partial charge in [-0.1, -0.05) is 0 Å². The summed E-state index contributed by atoms with van der Waals surface area (Å²) in [4.78, 5) is 10.2. The molecule has 1 aromatic rings. The second-order valence-electron chi connectivity index (χ2n) is 2.65. The summed E-state index contributed by atoms with van der Waals surface area (Å²) in [5, 5.41) is 10.6. The van der Waals surface area contributed by atoms with Crippen LogP contribution >= 0.6 is 22.6 Å². The number of hydrogen-bond donors (Lipinski definition) is 0. The highest BCUT2D eigenvalue weighted by molar-refractivity contribution is 14.1. The lowest BCUT2D eigenvalue weighted by Crippen LogP contribution is -1.95. The molecule has 0 aliphatic heterocycles. The van der Waals surface area contributed by atoms with Gasteiger partial charge >= 0.3 is 0 Å². The molecule has 0 aliphatic carbocycles. The molecule has 1 aromatic carbocycles. The van der Waals surface area contributed by atoms with E-state index in [-0.39, 0.29) is 10.6 Å². The highest BCUT2D eigenvalue weighted by atomic mass is 127. The van der Waals surface area contributed by atoms with Crippen molar-refractivity contribution in [2.24, 2.45) is 0 Å². The summed E-state index contributed by atoms with van der Waals surface area (Å²) in [6.07, 6.45) is 0. The average molecular weight is 277 g/mol. The molecule has 0 fully saturated rings. The number of halogens is 1. The second kappa shape index (κ2) is 3.38. The molecule has 0 radical (unpaired) electrons. The Labute approximate surface area is 84.1 Å². The van der Waals surface area contributed by atoms with E-state index in [0.29, 0.717) is 0 Å². The Balaban J connectivity index is 3.38. The van der Waals surface area contributed by atoms with E-state index in [1.165, 1.54) is 0 Å². The van der Waals surface area contributed by atoms with E-state index >= 15 is 0 Å². The van der Waals surface area contributed by atoms with Gasteiger partial charge in [-0.05, 0) is 48.6 Å². The van der Waals surface area contributed by atoms with Gasteiger partial charge < -0.3 is 0 Å². The fourth-order valence-corrected chi connectivity index (χ4v) is 2.13. The molecule has 0 atom stereocenters. The van der Waals surface area contributed by atoms with Crippen molar-refractivity contribution < 1.29 is 4.92 Å². The molecule has 64 valence electrons. The standard InChI is InChI=1S/C8H8INO2/c1-5-3-7(9)4-6(2)8(5)10(11)12/h3-4H,1-2H3. The van der Waals surface area contributed by atoms with Crippen LogP contribution in [0.25, 0.3) is 0 Å². The molecule has 1 rings (SSSR count). The minimum absolute atomic E-state index is 0.232. The Bertz CT molecular complexity index is 313. The van der Waals surface area contributed by atoms with E-state index in [4.69, 9.17) is 0 Å². The van der Waals surface area contributed by atoms with Crippen LogP contribution in [0.1, 0.15) is 11.1 Å². The molecule has 4 heteroatoms. The minimum atomic E-state index is -0.333. The van der Waals surface area contributed by atoms with E-state index in [0.717, 1.165) is 14.7 Å². The fraction of sp³-hybridized carbons (Fsp3) is 0.250. The van der Waals surface area contributed by atoms with Crippen LogP contribution in [0.4, 0.5) is 5.69 Å². The van der Waals surface area contributed by atoms with Crippen molar-refractivity contribution >= 4 is 28.3 Å². The first-order valence-electron chi connectivity index (χ1n) is 3.43. The predicted octanol–water partition coefficient (Wildman–Crippen LogP) is 2.82. The van der Waals surface area contributed by atoms with Crippen molar-refractivity contribution in [1.29, 1.82) is 0 Å². The summed E-state index contributed by atoms with van der Waals surface area (Å²) in [5.41, 5.74) is 1.68. The third-order valence-electron chi connectivity index (χ3n) is 1.64. The topological polar surface area (TPSA) is 43.1 Å². The number of rotatable bonds is 1. The maximum Gasteiger partial charge on any atom is 0.275 e. The number of nitrogens with zero attached hydrogens (tertiary/aromatic N) is 1. The van der Waals surface area contributed by atoms with E-state index in [2.05, 4.69) is 22.6 Å². The lowest BCUT2D eigenvalue weighted by Gasteiger charge is -2.01. The van der Waals surface area contributed by atoms with Crippen LogP contribution < -0.4 is 0 Å². The van der Waals surface area contributed by atoms with Crippen molar-refractivity contribution in [2.75, 3.05) is 0 Å². The molecule has 0 bridgehead atoms. The Morgan fingerprint density at radius 2 is 1.75 bits per heavy atom. The lowest BCUT2D eigenvalue weighted by atomic mass is 10.1. The Hall–Kier alpha value is -0.650. The maximum absolute atomic E-state index is 10.6. The first-order chi connectivity index (χ1) is 5.52. The highest BCUT2D eigenvalue weighted by Gasteiger charge is 2.14. The van der Waals surface area contributed by atoms with Gasteiger partial charge in [0.15, 0.2) is 0 Å². The molecule has 0 unspecified atom stereocenters. The molecular weight excluding hydrogens is 269 g/mol. The van der Waals surface area contributed by atoms with Gasteiger partial charge in [0.1, 0.15) is 0 Å². The first kappa shape index (κ1) is 9.44. The quantitative estimate of drug-likeness (QED) is 0.450. The van der Waals surface area contributed by atoms with Crippen molar-refractivity contribution in [3.8, 4) is 0 Å². The number of hydrogen-bond acceptors (Lipinski definition) is 2. The lowest BCUT2D eigenvalue weighted by molar-refractivity contribution is -0.386. The van der Waals surface area contributed by atoms with Gasteiger partial charge in [-0.25, -0.2) is 0 Å². The van der Waals surface area contributed by atoms with Gasteiger partial charge in [0.05, 0.1) is 4.92 Å². The van der Waals surface area contributed by atoms with Crippen molar-refractivity contribution in [3.63, 3.8) is 0 Å². The van der Waals surface area contributed by atoms with Crippen LogP contribution in [0.2, 0.25) is 0 Å². The monoisotopic (exact) mass is 277 g/mol. The van der Waals surface area contributed by atoms with Crippen molar-refractivity contribution in [2.45, 2.75) is 13.8 Å². The molecule has 0 heterocycles. The van der Waals surface area contributed by atoms with E-state index < -0.39 is 0 Å². The SMILES string of the molecule is Cc1cc(I)cc(C)c1[N+](=O)[O-]. The van der Waals surface area contributed by atoms with Crippen LogP contribution in [0.3, 0.4) is 0 Å². The van der Waals surface area contributed by atoms with Crippen LogP contribution in [0.5, 0.6) is 0 Å². The Morgan fingerprint density at radius 1 is 1.33 bits per heavy atom. The Kier molecular flexibility index (Phi) is 2.66. The number of nitro benzene ring substituents is 1. The van der Waals surface area contributed by atoms with E-state index in [9.17, 15) is 10.1 Å². The fourth-order valence-electron chi connectivity index (χ4n) is 1.19. The summed E-state index contributed by atoms with van der Waals surface area (Å²) < 4.78 is 1.04. The molecular formula is C8H8INO2. The van der Waals surface area contributed by atoms with Crippen molar-refractivity contribution in [1.82, 2.24) is 0 Å². The molecule has 0 saturated heterocycles. The minimum Gasteiger partial charge on any atom is -0.258 e. The molecule has 0 aliphatic rings. The van der Waals surface area contributed by atoms with Gasteiger partial charge in [-0.2, -0.15) is 0 Å². The van der Waals surface area contributed by atoms with Crippen molar-refractivity contribution in [3.05, 3.63) is 36.9 Å². The molecule has 12 heavy (non-hydrogen) atoms. The van der Waals surface area contributed by atoms with Crippen LogP contribution in [0.15, 0.2) is 12.1 Å². The van der Waals surface area contributed by atoms with E-state index in [1.807, 2.05) is 12.1 Å². The maximum atomic E-state index is 10.6. The summed E-state index contributed by atoms with van der Waals surface area (Å²) in [7, 11) is 0. The number of benzene rings is 1. The average Bonchev–Trinajstić information content (AvgIpc) is 1.82. The first-order valence-corrected chi connectivity index (χ1v) is 4.51. The summed E-state index contributed by atoms with van der Waals surface area (Å²) in [5.74, 6) is 0. The third kappa shape index (κ3) is 1.74. The third-order valence-corrected chi connectivity index (χ3v) is 2.26. The zero-order chi connectivity index (χ0) is 9.30. The smallest absolute Gasteiger partial charge is 0.258 e. The summed E-state index contributed by atoms with van der Waals surface area (Å²) in [6, 6.07) is 3.62. The van der Waals surface area contributed by atoms with Gasteiger partial charge in [-0.15, -0.1) is 0 Å². The van der Waals surface area contributed by atoms with E-state index in [1.54, 1.807) is 13.8 Å². The Morgan fingerprint density at radius 3 is 2.08 bits per heavy atom. The zero-order valence-electron chi connectivity index (χ0n) is 6.80. The number of nitro groups is 1. The van der Waals surface area contributed by atoms with Gasteiger partial charge in [0.25, 0.3) is 5.69 Å². The largest absolute Gasteiger partial charge is 0.275 e. The van der Waals surface area contributed by atoms with Crippen LogP contribution in [-0.2, 0) is 0 Å². The zero-order valence-corrected chi connectivity index (χ0v) is 8.95.